The summed E-state index contributed by atoms with van der Waals surface area (Å²) < 4.78 is 5.40. The number of aliphatic imine (C=N–C) groups is 1. The van der Waals surface area contributed by atoms with Crippen molar-refractivity contribution in [1.29, 1.82) is 0 Å². The summed E-state index contributed by atoms with van der Waals surface area (Å²) in [5, 5.41) is 6.75. The minimum atomic E-state index is -0.485. The fourth-order valence-electron chi connectivity index (χ4n) is 3.36. The van der Waals surface area contributed by atoms with Gasteiger partial charge in [0.2, 0.25) is 0 Å². The Bertz CT molecular complexity index is 682. The van der Waals surface area contributed by atoms with Crippen molar-refractivity contribution in [3.63, 3.8) is 0 Å². The molecule has 1 aromatic carbocycles. The zero-order chi connectivity index (χ0) is 22.0. The van der Waals surface area contributed by atoms with Crippen LogP contribution < -0.4 is 10.6 Å². The van der Waals surface area contributed by atoms with Crippen LogP contribution in [-0.2, 0) is 17.8 Å². The molecule has 31 heavy (non-hydrogen) atoms. The Balaban J connectivity index is 0.00000480. The first-order valence-electron chi connectivity index (χ1n) is 11.0. The molecule has 1 aliphatic heterocycles. The van der Waals surface area contributed by atoms with Crippen LogP contribution >= 0.6 is 24.0 Å². The predicted molar refractivity (Wildman–Crippen MR) is 138 cm³/mol. The molecule has 2 N–H and O–H groups in total. The average Bonchev–Trinajstić information content (AvgIpc) is 3.20. The van der Waals surface area contributed by atoms with Gasteiger partial charge < -0.3 is 25.2 Å². The van der Waals surface area contributed by atoms with Crippen LogP contribution in [-0.4, -0.2) is 67.7 Å². The predicted octanol–water partition coefficient (Wildman–Crippen LogP) is 3.82. The quantitative estimate of drug-likeness (QED) is 0.225. The maximum atomic E-state index is 12.1. The van der Waals surface area contributed by atoms with Gasteiger partial charge >= 0.3 is 6.09 Å². The number of ether oxygens (including phenoxy) is 1. The lowest BCUT2D eigenvalue weighted by atomic mass is 10.1. The van der Waals surface area contributed by atoms with E-state index in [9.17, 15) is 4.79 Å². The summed E-state index contributed by atoms with van der Waals surface area (Å²) in [4.78, 5) is 20.5. The standard InChI is InChI=1S/C23H39N5O2.HI/c1-23(2,3)30-22(29)27(5)18-20-11-9-19(10-12-20)17-26-21(24-4)25-13-8-16-28-14-6-7-15-28;/h9-12H,6-8,13-18H2,1-5H3,(H2,24,25,26);1H. The molecule has 2 rings (SSSR count). The summed E-state index contributed by atoms with van der Waals surface area (Å²) in [5.74, 6) is 0.824. The average molecular weight is 546 g/mol. The van der Waals surface area contributed by atoms with E-state index in [-0.39, 0.29) is 30.1 Å². The lowest BCUT2D eigenvalue weighted by molar-refractivity contribution is 0.0285. The number of benzene rings is 1. The number of hydrogen-bond donors (Lipinski definition) is 2. The van der Waals surface area contributed by atoms with Gasteiger partial charge in [0, 0.05) is 33.7 Å². The molecule has 0 aliphatic carbocycles. The minimum absolute atomic E-state index is 0. The smallest absolute Gasteiger partial charge is 0.410 e. The molecule has 0 bridgehead atoms. The number of carbonyl (C=O) groups excluding carboxylic acids is 1. The minimum Gasteiger partial charge on any atom is -0.444 e. The SMILES string of the molecule is CN=C(NCCCN1CCCC1)NCc1ccc(CN(C)C(=O)OC(C)(C)C)cc1.I. The number of hydrogen-bond acceptors (Lipinski definition) is 4. The zero-order valence-electron chi connectivity index (χ0n) is 19.7. The third-order valence-electron chi connectivity index (χ3n) is 4.97. The molecule has 1 aromatic rings. The van der Waals surface area contributed by atoms with E-state index < -0.39 is 5.60 Å². The van der Waals surface area contributed by atoms with E-state index in [4.69, 9.17) is 4.74 Å². The molecule has 0 radical (unpaired) electrons. The second-order valence-corrected chi connectivity index (χ2v) is 8.91. The van der Waals surface area contributed by atoms with Gasteiger partial charge in [0.05, 0.1) is 0 Å². The lowest BCUT2D eigenvalue weighted by Crippen LogP contribution is -2.38. The van der Waals surface area contributed by atoms with Crippen molar-refractivity contribution in [2.24, 2.45) is 4.99 Å². The van der Waals surface area contributed by atoms with E-state index in [1.54, 1.807) is 19.0 Å². The molecule has 8 heteroatoms. The molecule has 176 valence electrons. The largest absolute Gasteiger partial charge is 0.444 e. The van der Waals surface area contributed by atoms with Crippen LogP contribution in [0, 0.1) is 0 Å². The first-order chi connectivity index (χ1) is 14.3. The summed E-state index contributed by atoms with van der Waals surface area (Å²) in [7, 11) is 3.55. The summed E-state index contributed by atoms with van der Waals surface area (Å²) in [6.07, 6.45) is 3.49. The van der Waals surface area contributed by atoms with E-state index in [2.05, 4.69) is 32.7 Å². The Morgan fingerprint density at radius 2 is 1.74 bits per heavy atom. The lowest BCUT2D eigenvalue weighted by Gasteiger charge is -2.24. The monoisotopic (exact) mass is 545 g/mol. The van der Waals surface area contributed by atoms with Crippen molar-refractivity contribution in [2.75, 3.05) is 40.3 Å². The molecule has 1 saturated heterocycles. The Morgan fingerprint density at radius 3 is 2.32 bits per heavy atom. The number of guanidine groups is 1. The molecule has 0 spiro atoms. The molecule has 0 atom stereocenters. The van der Waals surface area contributed by atoms with Crippen LogP contribution in [0.25, 0.3) is 0 Å². The molecule has 7 nitrogen and oxygen atoms in total. The van der Waals surface area contributed by atoms with Crippen molar-refractivity contribution in [1.82, 2.24) is 20.4 Å². The highest BCUT2D eigenvalue weighted by Gasteiger charge is 2.19. The van der Waals surface area contributed by atoms with Gasteiger partial charge in [-0.3, -0.25) is 4.99 Å². The number of rotatable bonds is 8. The Labute approximate surface area is 205 Å². The second kappa shape index (κ2) is 13.8. The van der Waals surface area contributed by atoms with Crippen molar-refractivity contribution >= 4 is 36.0 Å². The first kappa shape index (κ1) is 27.5. The van der Waals surface area contributed by atoms with Gasteiger partial charge in [-0.05, 0) is 70.8 Å². The van der Waals surface area contributed by atoms with Crippen LogP contribution in [0.3, 0.4) is 0 Å². The van der Waals surface area contributed by atoms with Gasteiger partial charge in [0.1, 0.15) is 5.60 Å². The summed E-state index contributed by atoms with van der Waals surface area (Å²) in [6, 6.07) is 8.24. The number of halogens is 1. The zero-order valence-corrected chi connectivity index (χ0v) is 22.1. The van der Waals surface area contributed by atoms with E-state index >= 15 is 0 Å². The number of likely N-dealkylation sites (tertiary alicyclic amines) is 1. The summed E-state index contributed by atoms with van der Waals surface area (Å²) in [5.41, 5.74) is 1.75. The summed E-state index contributed by atoms with van der Waals surface area (Å²) in [6.45, 7) is 11.4. The summed E-state index contributed by atoms with van der Waals surface area (Å²) >= 11 is 0. The fourth-order valence-corrected chi connectivity index (χ4v) is 3.36. The van der Waals surface area contributed by atoms with Crippen LogP contribution in [0.15, 0.2) is 29.3 Å². The number of nitrogens with one attached hydrogen (secondary N) is 2. The third kappa shape index (κ3) is 11.0. The van der Waals surface area contributed by atoms with E-state index in [0.717, 1.165) is 31.0 Å². The van der Waals surface area contributed by atoms with E-state index in [0.29, 0.717) is 13.1 Å². The van der Waals surface area contributed by atoms with Crippen LogP contribution in [0.2, 0.25) is 0 Å². The van der Waals surface area contributed by atoms with Crippen LogP contribution in [0.4, 0.5) is 4.79 Å². The molecule has 0 saturated carbocycles. The Kier molecular flexibility index (Phi) is 12.2. The number of carbonyl (C=O) groups is 1. The highest BCUT2D eigenvalue weighted by molar-refractivity contribution is 14.0. The van der Waals surface area contributed by atoms with Gasteiger partial charge in [-0.2, -0.15) is 0 Å². The number of nitrogens with zero attached hydrogens (tertiary/aromatic N) is 3. The van der Waals surface area contributed by atoms with Gasteiger partial charge in [-0.15, -0.1) is 24.0 Å². The molecular formula is C23H40IN5O2. The highest BCUT2D eigenvalue weighted by Crippen LogP contribution is 2.12. The third-order valence-corrected chi connectivity index (χ3v) is 4.97. The van der Waals surface area contributed by atoms with Gasteiger partial charge in [0.25, 0.3) is 0 Å². The number of amides is 1. The molecule has 0 unspecified atom stereocenters. The first-order valence-corrected chi connectivity index (χ1v) is 11.0. The van der Waals surface area contributed by atoms with Crippen molar-refractivity contribution in [3.8, 4) is 0 Å². The molecule has 1 amide bonds. The molecule has 1 aliphatic rings. The van der Waals surface area contributed by atoms with Crippen molar-refractivity contribution < 1.29 is 9.53 Å². The molecular weight excluding hydrogens is 505 g/mol. The van der Waals surface area contributed by atoms with E-state index in [1.165, 1.54) is 31.5 Å². The molecule has 1 fully saturated rings. The normalized spacial score (nSPS) is 14.7. The van der Waals surface area contributed by atoms with Gasteiger partial charge in [-0.1, -0.05) is 24.3 Å². The molecule has 1 heterocycles. The van der Waals surface area contributed by atoms with Crippen molar-refractivity contribution in [2.45, 2.75) is 58.7 Å². The van der Waals surface area contributed by atoms with Crippen molar-refractivity contribution in [3.05, 3.63) is 35.4 Å². The van der Waals surface area contributed by atoms with Gasteiger partial charge in [-0.25, -0.2) is 4.79 Å². The Morgan fingerprint density at radius 1 is 1.13 bits per heavy atom. The Hall–Kier alpha value is -1.55. The van der Waals surface area contributed by atoms with Crippen LogP contribution in [0.1, 0.15) is 51.2 Å². The second-order valence-electron chi connectivity index (χ2n) is 8.91. The van der Waals surface area contributed by atoms with E-state index in [1.807, 2.05) is 32.9 Å². The fraction of sp³-hybridized carbons (Fsp3) is 0.652. The van der Waals surface area contributed by atoms with Gasteiger partial charge in [0.15, 0.2) is 5.96 Å². The topological polar surface area (TPSA) is 69.2 Å². The maximum Gasteiger partial charge on any atom is 0.410 e. The molecule has 0 aromatic heterocycles. The maximum absolute atomic E-state index is 12.1. The van der Waals surface area contributed by atoms with Crippen LogP contribution in [0.5, 0.6) is 0 Å². The highest BCUT2D eigenvalue weighted by atomic mass is 127.